The zero-order chi connectivity index (χ0) is 14.8. The Morgan fingerprint density at radius 1 is 1.20 bits per heavy atom. The number of alkyl halides is 3. The van der Waals surface area contributed by atoms with Crippen LogP contribution in [0, 0.1) is 5.92 Å². The number of aldehydes is 1. The number of halogens is 4. The third-order valence-electron chi connectivity index (χ3n) is 3.46. The molecule has 1 aromatic rings. The lowest BCUT2D eigenvalue weighted by molar-refractivity contribution is -0.140. The summed E-state index contributed by atoms with van der Waals surface area (Å²) in [7, 11) is 0. The Labute approximate surface area is 123 Å². The molecule has 1 fully saturated rings. The lowest BCUT2D eigenvalue weighted by Crippen LogP contribution is -2.25. The van der Waals surface area contributed by atoms with Gasteiger partial charge in [-0.2, -0.15) is 13.2 Å². The van der Waals surface area contributed by atoms with Crippen molar-refractivity contribution in [2.24, 2.45) is 5.92 Å². The molecule has 2 rings (SSSR count). The fraction of sp³-hybridized carbons (Fsp3) is 0.500. The van der Waals surface area contributed by atoms with Crippen LogP contribution in [0.1, 0.15) is 31.2 Å². The molecule has 0 unspecified atom stereocenters. The van der Waals surface area contributed by atoms with Gasteiger partial charge in [0.15, 0.2) is 0 Å². The molecular formula is C14H14BrF3O2. The molecule has 0 atom stereocenters. The van der Waals surface area contributed by atoms with Crippen LogP contribution in [0.3, 0.4) is 0 Å². The van der Waals surface area contributed by atoms with Crippen LogP contribution in [0.15, 0.2) is 22.7 Å². The molecule has 0 aliphatic heterocycles. The van der Waals surface area contributed by atoms with Crippen molar-refractivity contribution in [1.82, 2.24) is 0 Å². The normalized spacial score (nSPS) is 23.4. The Morgan fingerprint density at radius 2 is 1.85 bits per heavy atom. The van der Waals surface area contributed by atoms with E-state index in [9.17, 15) is 18.0 Å². The van der Waals surface area contributed by atoms with E-state index in [4.69, 9.17) is 4.74 Å². The van der Waals surface area contributed by atoms with Crippen molar-refractivity contribution in [2.45, 2.75) is 38.0 Å². The van der Waals surface area contributed by atoms with Gasteiger partial charge in [0.2, 0.25) is 0 Å². The summed E-state index contributed by atoms with van der Waals surface area (Å²) in [5, 5.41) is 0. The number of rotatable bonds is 3. The van der Waals surface area contributed by atoms with Gasteiger partial charge in [-0.25, -0.2) is 0 Å². The molecule has 0 amide bonds. The van der Waals surface area contributed by atoms with Crippen molar-refractivity contribution < 1.29 is 22.7 Å². The summed E-state index contributed by atoms with van der Waals surface area (Å²) < 4.78 is 44.6. The van der Waals surface area contributed by atoms with E-state index in [0.717, 1.165) is 6.29 Å². The van der Waals surface area contributed by atoms with E-state index in [1.54, 1.807) is 0 Å². The van der Waals surface area contributed by atoms with E-state index in [-0.39, 0.29) is 22.2 Å². The first-order chi connectivity index (χ1) is 9.41. The first kappa shape index (κ1) is 15.4. The van der Waals surface area contributed by atoms with Gasteiger partial charge in [-0.05, 0) is 37.8 Å². The van der Waals surface area contributed by atoms with Crippen LogP contribution in [-0.2, 0) is 11.0 Å². The molecule has 6 heteroatoms. The maximum Gasteiger partial charge on any atom is 0.421 e. The van der Waals surface area contributed by atoms with Crippen molar-refractivity contribution in [3.63, 3.8) is 0 Å². The molecule has 2 nitrogen and oxygen atoms in total. The van der Waals surface area contributed by atoms with Crippen molar-refractivity contribution in [3.8, 4) is 5.75 Å². The highest BCUT2D eigenvalue weighted by atomic mass is 79.9. The number of carbonyl (C=O) groups is 1. The quantitative estimate of drug-likeness (QED) is 0.744. The van der Waals surface area contributed by atoms with E-state index in [1.807, 2.05) is 0 Å². The molecule has 20 heavy (non-hydrogen) atoms. The molecule has 0 heterocycles. The molecular weight excluding hydrogens is 337 g/mol. The zero-order valence-corrected chi connectivity index (χ0v) is 12.2. The molecule has 110 valence electrons. The molecule has 0 aromatic heterocycles. The van der Waals surface area contributed by atoms with Gasteiger partial charge in [0.1, 0.15) is 17.6 Å². The van der Waals surface area contributed by atoms with Gasteiger partial charge in [-0.15, -0.1) is 0 Å². The summed E-state index contributed by atoms with van der Waals surface area (Å²) in [5.41, 5.74) is -0.780. The SMILES string of the molecule is O=C[C@H]1CC[C@H](Oc2cccc(Br)c2C(F)(F)F)CC1. The smallest absolute Gasteiger partial charge is 0.421 e. The van der Waals surface area contributed by atoms with E-state index in [1.165, 1.54) is 18.2 Å². The van der Waals surface area contributed by atoms with Gasteiger partial charge < -0.3 is 9.53 Å². The Balaban J connectivity index is 2.14. The average Bonchev–Trinajstić information content (AvgIpc) is 2.38. The minimum atomic E-state index is -4.46. The maximum absolute atomic E-state index is 13.0. The van der Waals surface area contributed by atoms with Crippen LogP contribution in [-0.4, -0.2) is 12.4 Å². The van der Waals surface area contributed by atoms with Gasteiger partial charge >= 0.3 is 6.18 Å². The minimum Gasteiger partial charge on any atom is -0.490 e. The average molecular weight is 351 g/mol. The highest BCUT2D eigenvalue weighted by Crippen LogP contribution is 2.42. The number of carbonyl (C=O) groups excluding carboxylic acids is 1. The van der Waals surface area contributed by atoms with Crippen LogP contribution in [0.25, 0.3) is 0 Å². The van der Waals surface area contributed by atoms with Gasteiger partial charge in [-0.1, -0.05) is 22.0 Å². The van der Waals surface area contributed by atoms with Crippen LogP contribution in [0.2, 0.25) is 0 Å². The fourth-order valence-electron chi connectivity index (χ4n) is 2.40. The lowest BCUT2D eigenvalue weighted by Gasteiger charge is -2.27. The largest absolute Gasteiger partial charge is 0.490 e. The standard InChI is InChI=1S/C14H14BrF3O2/c15-11-2-1-3-12(13(11)14(16,17)18)20-10-6-4-9(8-19)5-7-10/h1-3,8-10H,4-7H2/t9-,10-. The zero-order valence-electron chi connectivity index (χ0n) is 10.6. The van der Waals surface area contributed by atoms with Gasteiger partial charge in [0.05, 0.1) is 6.10 Å². The third kappa shape index (κ3) is 3.53. The lowest BCUT2D eigenvalue weighted by atomic mass is 9.88. The van der Waals surface area contributed by atoms with Crippen molar-refractivity contribution in [3.05, 3.63) is 28.2 Å². The third-order valence-corrected chi connectivity index (χ3v) is 4.12. The molecule has 0 bridgehead atoms. The van der Waals surface area contributed by atoms with E-state index in [2.05, 4.69) is 15.9 Å². The monoisotopic (exact) mass is 350 g/mol. The molecule has 0 spiro atoms. The van der Waals surface area contributed by atoms with Crippen molar-refractivity contribution in [2.75, 3.05) is 0 Å². The first-order valence-corrected chi connectivity index (χ1v) is 7.18. The van der Waals surface area contributed by atoms with Crippen LogP contribution in [0.4, 0.5) is 13.2 Å². The Bertz CT molecular complexity index is 480. The van der Waals surface area contributed by atoms with Crippen molar-refractivity contribution >= 4 is 22.2 Å². The van der Waals surface area contributed by atoms with E-state index >= 15 is 0 Å². The second kappa shape index (κ2) is 6.16. The van der Waals surface area contributed by atoms with Gasteiger partial charge in [-0.3, -0.25) is 0 Å². The first-order valence-electron chi connectivity index (χ1n) is 6.39. The van der Waals surface area contributed by atoms with Gasteiger partial charge in [0.25, 0.3) is 0 Å². The van der Waals surface area contributed by atoms with Crippen LogP contribution >= 0.6 is 15.9 Å². The molecule has 1 aliphatic rings. The number of hydrogen-bond donors (Lipinski definition) is 0. The number of ether oxygens (including phenoxy) is 1. The summed E-state index contributed by atoms with van der Waals surface area (Å²) in [5.74, 6) is -0.138. The summed E-state index contributed by atoms with van der Waals surface area (Å²) in [6.07, 6.45) is -1.26. The maximum atomic E-state index is 13.0. The second-order valence-electron chi connectivity index (χ2n) is 4.90. The summed E-state index contributed by atoms with van der Waals surface area (Å²) in [6, 6.07) is 4.20. The second-order valence-corrected chi connectivity index (χ2v) is 5.76. The highest BCUT2D eigenvalue weighted by molar-refractivity contribution is 9.10. The van der Waals surface area contributed by atoms with Crippen molar-refractivity contribution in [1.29, 1.82) is 0 Å². The molecule has 1 aromatic carbocycles. The Hall–Kier alpha value is -1.04. The minimum absolute atomic E-state index is 0.0134. The highest BCUT2D eigenvalue weighted by Gasteiger charge is 2.37. The molecule has 0 saturated heterocycles. The fourth-order valence-corrected chi connectivity index (χ4v) is 2.97. The number of hydrogen-bond acceptors (Lipinski definition) is 2. The number of benzene rings is 1. The van der Waals surface area contributed by atoms with Crippen LogP contribution in [0.5, 0.6) is 5.75 Å². The van der Waals surface area contributed by atoms with E-state index in [0.29, 0.717) is 25.7 Å². The molecule has 1 saturated carbocycles. The molecule has 0 N–H and O–H groups in total. The Kier molecular flexibility index (Phi) is 4.73. The van der Waals surface area contributed by atoms with Crippen LogP contribution < -0.4 is 4.74 Å². The van der Waals surface area contributed by atoms with E-state index < -0.39 is 11.7 Å². The Morgan fingerprint density at radius 3 is 2.40 bits per heavy atom. The van der Waals surface area contributed by atoms with Gasteiger partial charge in [0, 0.05) is 10.4 Å². The predicted molar refractivity (Wildman–Crippen MR) is 71.6 cm³/mol. The summed E-state index contributed by atoms with van der Waals surface area (Å²) in [4.78, 5) is 10.7. The topological polar surface area (TPSA) is 26.3 Å². The summed E-state index contributed by atoms with van der Waals surface area (Å²) in [6.45, 7) is 0. The predicted octanol–water partition coefficient (Wildman–Crippen LogP) is 4.60. The molecule has 1 aliphatic carbocycles. The molecule has 0 radical (unpaired) electrons. The summed E-state index contributed by atoms with van der Waals surface area (Å²) >= 11 is 2.92.